The average Bonchev–Trinajstić information content (AvgIpc) is 2.35. The first kappa shape index (κ1) is 14.2. The molecule has 5 aliphatic rings. The molecule has 1 atom stereocenters. The minimum absolute atomic E-state index is 0.169. The van der Waals surface area contributed by atoms with Crippen LogP contribution < -0.4 is 5.73 Å². The lowest BCUT2D eigenvalue weighted by Gasteiger charge is -2.56. The van der Waals surface area contributed by atoms with Gasteiger partial charge in [0.1, 0.15) is 12.0 Å². The van der Waals surface area contributed by atoms with Crippen molar-refractivity contribution in [2.75, 3.05) is 0 Å². The maximum Gasteiger partial charge on any atom is 0.347 e. The summed E-state index contributed by atoms with van der Waals surface area (Å²) in [5.41, 5.74) is 3.89. The topological polar surface area (TPSA) is 89.7 Å². The zero-order valence-electron chi connectivity index (χ0n) is 12.8. The van der Waals surface area contributed by atoms with Crippen molar-refractivity contribution in [3.63, 3.8) is 0 Å². The summed E-state index contributed by atoms with van der Waals surface area (Å²) in [4.78, 5) is 36.6. The summed E-state index contributed by atoms with van der Waals surface area (Å²) >= 11 is 0. The lowest BCUT2D eigenvalue weighted by atomic mass is 9.54. The minimum atomic E-state index is -1.68. The highest BCUT2D eigenvalue weighted by atomic mass is 16.6. The zero-order valence-corrected chi connectivity index (χ0v) is 12.8. The molecule has 4 saturated carbocycles. The Morgan fingerprint density at radius 3 is 2.00 bits per heavy atom. The molecule has 22 heavy (non-hydrogen) atoms. The van der Waals surface area contributed by atoms with Crippen LogP contribution in [0.4, 0.5) is 0 Å². The molecule has 5 rings (SSSR count). The van der Waals surface area contributed by atoms with E-state index in [1.807, 2.05) is 0 Å². The van der Waals surface area contributed by atoms with Gasteiger partial charge in [0.15, 0.2) is 5.66 Å². The molecule has 6 nitrogen and oxygen atoms in total. The van der Waals surface area contributed by atoms with Gasteiger partial charge in [-0.15, -0.1) is 0 Å². The van der Waals surface area contributed by atoms with Crippen molar-refractivity contribution in [3.05, 3.63) is 0 Å². The smallest absolute Gasteiger partial charge is 0.347 e. The first-order valence-corrected chi connectivity index (χ1v) is 8.17. The number of likely N-dealkylation sites (tertiary alicyclic amines) is 1. The summed E-state index contributed by atoms with van der Waals surface area (Å²) in [5, 5.41) is 0. The number of imide groups is 1. The van der Waals surface area contributed by atoms with E-state index >= 15 is 0 Å². The Bertz CT molecular complexity index is 519. The van der Waals surface area contributed by atoms with Gasteiger partial charge in [0.2, 0.25) is 11.8 Å². The molecule has 1 aliphatic heterocycles. The van der Waals surface area contributed by atoms with Crippen LogP contribution >= 0.6 is 0 Å². The van der Waals surface area contributed by atoms with Crippen molar-refractivity contribution >= 4 is 17.8 Å². The minimum Gasteiger partial charge on any atom is -0.456 e. The molecule has 0 aromatic carbocycles. The molecule has 1 saturated heterocycles. The van der Waals surface area contributed by atoms with Crippen molar-refractivity contribution in [2.45, 2.75) is 63.1 Å². The van der Waals surface area contributed by atoms with Gasteiger partial charge in [0.25, 0.3) is 0 Å². The van der Waals surface area contributed by atoms with Crippen LogP contribution in [0.2, 0.25) is 0 Å². The van der Waals surface area contributed by atoms with Gasteiger partial charge in [-0.2, -0.15) is 0 Å². The Morgan fingerprint density at radius 2 is 1.59 bits per heavy atom. The van der Waals surface area contributed by atoms with Gasteiger partial charge in [-0.25, -0.2) is 4.79 Å². The van der Waals surface area contributed by atoms with Gasteiger partial charge in [-0.1, -0.05) is 0 Å². The lowest BCUT2D eigenvalue weighted by molar-refractivity contribution is -0.203. The number of carbonyl (C=O) groups is 3. The molecule has 5 fully saturated rings. The lowest BCUT2D eigenvalue weighted by Crippen LogP contribution is -2.70. The monoisotopic (exact) mass is 306 g/mol. The summed E-state index contributed by atoms with van der Waals surface area (Å²) in [5.74, 6) is 0.492. The SMILES string of the molecule is C[C@](N)(C(=O)OC12CC3CC(CC(C3)C1)C2)N1C(=O)CC1=O. The average molecular weight is 306 g/mol. The molecule has 0 radical (unpaired) electrons. The number of ether oxygens (including phenoxy) is 1. The van der Waals surface area contributed by atoms with Crippen molar-refractivity contribution in [1.29, 1.82) is 0 Å². The Balaban J connectivity index is 1.52. The number of amides is 2. The van der Waals surface area contributed by atoms with Crippen molar-refractivity contribution in [1.82, 2.24) is 4.90 Å². The molecule has 1 heterocycles. The molecule has 4 bridgehead atoms. The van der Waals surface area contributed by atoms with Gasteiger partial charge in [0.05, 0.1) is 0 Å². The first-order valence-electron chi connectivity index (χ1n) is 8.17. The van der Waals surface area contributed by atoms with E-state index in [9.17, 15) is 14.4 Å². The summed E-state index contributed by atoms with van der Waals surface area (Å²) < 4.78 is 5.86. The molecule has 0 spiro atoms. The van der Waals surface area contributed by atoms with Gasteiger partial charge in [0, 0.05) is 0 Å². The molecule has 2 N–H and O–H groups in total. The van der Waals surface area contributed by atoms with Crippen LogP contribution in [0.1, 0.15) is 51.9 Å². The van der Waals surface area contributed by atoms with Crippen LogP contribution in [-0.4, -0.2) is 33.9 Å². The highest BCUT2D eigenvalue weighted by Crippen LogP contribution is 2.57. The van der Waals surface area contributed by atoms with Crippen molar-refractivity contribution < 1.29 is 19.1 Å². The number of nitrogens with two attached hydrogens (primary N) is 1. The molecular formula is C16H22N2O4. The fourth-order valence-electron chi connectivity index (χ4n) is 5.40. The van der Waals surface area contributed by atoms with Gasteiger partial charge < -0.3 is 4.74 Å². The number of hydrogen-bond donors (Lipinski definition) is 1. The molecule has 120 valence electrons. The second kappa shape index (κ2) is 4.31. The van der Waals surface area contributed by atoms with E-state index < -0.39 is 29.0 Å². The highest BCUT2D eigenvalue weighted by Gasteiger charge is 2.56. The third kappa shape index (κ3) is 1.93. The van der Waals surface area contributed by atoms with Crippen LogP contribution in [0.5, 0.6) is 0 Å². The van der Waals surface area contributed by atoms with E-state index in [0.717, 1.165) is 24.2 Å². The van der Waals surface area contributed by atoms with Gasteiger partial charge in [-0.3, -0.25) is 20.2 Å². The molecule has 6 heteroatoms. The Hall–Kier alpha value is -1.43. The van der Waals surface area contributed by atoms with E-state index in [-0.39, 0.29) is 6.42 Å². The van der Waals surface area contributed by atoms with Crippen molar-refractivity contribution in [2.24, 2.45) is 23.5 Å². The fourth-order valence-corrected chi connectivity index (χ4v) is 5.40. The number of hydrogen-bond acceptors (Lipinski definition) is 5. The number of β-lactam (4-membered cyclic amide) rings is 2. The van der Waals surface area contributed by atoms with Crippen LogP contribution in [-0.2, 0) is 19.1 Å². The maximum atomic E-state index is 12.6. The zero-order chi connectivity index (χ0) is 15.7. The van der Waals surface area contributed by atoms with E-state index in [1.54, 1.807) is 0 Å². The number of carbonyl (C=O) groups excluding carboxylic acids is 3. The van der Waals surface area contributed by atoms with Gasteiger partial charge >= 0.3 is 5.97 Å². The molecule has 0 unspecified atom stereocenters. The predicted molar refractivity (Wildman–Crippen MR) is 76.1 cm³/mol. The second-order valence-electron chi connectivity index (χ2n) is 7.94. The highest BCUT2D eigenvalue weighted by molar-refractivity contribution is 6.17. The Morgan fingerprint density at radius 1 is 1.14 bits per heavy atom. The van der Waals surface area contributed by atoms with E-state index in [1.165, 1.54) is 26.2 Å². The summed E-state index contributed by atoms with van der Waals surface area (Å²) in [6, 6.07) is 0. The number of nitrogens with zero attached hydrogens (tertiary/aromatic N) is 1. The molecule has 0 aromatic heterocycles. The normalized spacial score (nSPS) is 42.1. The third-order valence-corrected chi connectivity index (χ3v) is 5.97. The largest absolute Gasteiger partial charge is 0.456 e. The fraction of sp³-hybridized carbons (Fsp3) is 0.812. The van der Waals surface area contributed by atoms with Crippen LogP contribution in [0.15, 0.2) is 0 Å². The number of esters is 1. The van der Waals surface area contributed by atoms with Crippen LogP contribution in [0, 0.1) is 17.8 Å². The quantitative estimate of drug-likeness (QED) is 0.476. The molecule has 2 amide bonds. The van der Waals surface area contributed by atoms with Crippen molar-refractivity contribution in [3.8, 4) is 0 Å². The van der Waals surface area contributed by atoms with E-state index in [4.69, 9.17) is 10.5 Å². The van der Waals surface area contributed by atoms with Crippen LogP contribution in [0.3, 0.4) is 0 Å². The predicted octanol–water partition coefficient (Wildman–Crippen LogP) is 0.932. The standard InChI is InChI=1S/C16H22N2O4/c1-15(17,18-12(19)5-13(18)20)14(21)22-16-6-9-2-10(7-16)4-11(3-9)8-16/h9-11H,2-8,17H2,1H3/t9?,10?,11?,15-,16?/m1/s1. The molecular weight excluding hydrogens is 284 g/mol. The first-order chi connectivity index (χ1) is 10.3. The summed E-state index contributed by atoms with van der Waals surface area (Å²) in [6.45, 7) is 1.39. The third-order valence-electron chi connectivity index (χ3n) is 5.97. The van der Waals surface area contributed by atoms with Crippen LogP contribution in [0.25, 0.3) is 0 Å². The summed E-state index contributed by atoms with van der Waals surface area (Å²) in [7, 11) is 0. The van der Waals surface area contributed by atoms with E-state index in [0.29, 0.717) is 17.8 Å². The Kier molecular flexibility index (Phi) is 2.78. The summed E-state index contributed by atoms with van der Waals surface area (Å²) in [6.07, 6.45) is 6.30. The molecule has 0 aromatic rings. The van der Waals surface area contributed by atoms with Gasteiger partial charge in [-0.05, 0) is 63.2 Å². The molecule has 4 aliphatic carbocycles. The maximum absolute atomic E-state index is 12.6. The number of rotatable bonds is 3. The van der Waals surface area contributed by atoms with E-state index in [2.05, 4.69) is 0 Å². The Labute approximate surface area is 129 Å². The second-order valence-corrected chi connectivity index (χ2v) is 7.94.